The number of para-hydroxylation sites is 2. The first-order chi connectivity index (χ1) is 21.9. The summed E-state index contributed by atoms with van der Waals surface area (Å²) in [5.74, 6) is 0. The van der Waals surface area contributed by atoms with Crippen LogP contribution in [0.5, 0.6) is 0 Å². The normalized spacial score (nSPS) is 18.6. The maximum Gasteiger partial charge on any atom is 0.410 e. The molecular formula is C32H44N10O4. The van der Waals surface area contributed by atoms with Crippen LogP contribution in [0.25, 0.3) is 22.1 Å². The highest BCUT2D eigenvalue weighted by atomic mass is 16.6. The average Bonchev–Trinajstić information content (AvgIpc) is 3.63. The first-order valence-corrected chi connectivity index (χ1v) is 15.9. The van der Waals surface area contributed by atoms with Gasteiger partial charge in [-0.1, -0.05) is 34.7 Å². The van der Waals surface area contributed by atoms with Gasteiger partial charge in [0.25, 0.3) is 0 Å². The number of hydrogen-bond acceptors (Lipinski definition) is 10. The lowest BCUT2D eigenvalue weighted by Crippen LogP contribution is -2.58. The van der Waals surface area contributed by atoms with Gasteiger partial charge in [-0.15, -0.1) is 10.2 Å². The van der Waals surface area contributed by atoms with Crippen molar-refractivity contribution < 1.29 is 19.1 Å². The zero-order chi connectivity index (χ0) is 32.6. The Kier molecular flexibility index (Phi) is 8.59. The molecule has 46 heavy (non-hydrogen) atoms. The molecule has 14 nitrogen and oxygen atoms in total. The highest BCUT2D eigenvalue weighted by Crippen LogP contribution is 2.35. The molecular weight excluding hydrogens is 588 g/mol. The molecule has 14 heteroatoms. The van der Waals surface area contributed by atoms with Crippen LogP contribution in [0.4, 0.5) is 9.59 Å². The minimum Gasteiger partial charge on any atom is -0.444 e. The molecule has 246 valence electrons. The van der Waals surface area contributed by atoms with E-state index in [1.807, 2.05) is 99.4 Å². The van der Waals surface area contributed by atoms with E-state index in [2.05, 4.69) is 20.0 Å². The summed E-state index contributed by atoms with van der Waals surface area (Å²) in [6.07, 6.45) is -1.36. The molecule has 0 aliphatic carbocycles. The van der Waals surface area contributed by atoms with Gasteiger partial charge in [0, 0.05) is 52.4 Å². The third kappa shape index (κ3) is 6.77. The van der Waals surface area contributed by atoms with Crippen molar-refractivity contribution in [2.24, 2.45) is 0 Å². The van der Waals surface area contributed by atoms with Crippen molar-refractivity contribution in [2.45, 2.75) is 65.1 Å². The summed E-state index contributed by atoms with van der Waals surface area (Å²) in [6, 6.07) is 15.8. The van der Waals surface area contributed by atoms with Crippen molar-refractivity contribution in [3.05, 3.63) is 48.5 Å². The Balaban J connectivity index is 1.37. The second-order valence-electron chi connectivity index (χ2n) is 13.9. The number of aromatic nitrogens is 6. The number of rotatable bonds is 5. The summed E-state index contributed by atoms with van der Waals surface area (Å²) in [5, 5.41) is 18.5. The summed E-state index contributed by atoms with van der Waals surface area (Å²) < 4.78 is 15.3. The number of piperazine rings is 2. The zero-order valence-electron chi connectivity index (χ0n) is 27.5. The van der Waals surface area contributed by atoms with E-state index in [1.165, 1.54) is 0 Å². The smallest absolute Gasteiger partial charge is 0.410 e. The zero-order valence-corrected chi connectivity index (χ0v) is 27.5. The van der Waals surface area contributed by atoms with Gasteiger partial charge < -0.3 is 19.3 Å². The van der Waals surface area contributed by atoms with Gasteiger partial charge in [0.05, 0.1) is 11.0 Å². The van der Waals surface area contributed by atoms with Crippen LogP contribution in [-0.4, -0.2) is 125 Å². The lowest BCUT2D eigenvalue weighted by molar-refractivity contribution is -0.0545. The Morgan fingerprint density at radius 3 is 1.28 bits per heavy atom. The fraction of sp³-hybridized carbons (Fsp3) is 0.562. The van der Waals surface area contributed by atoms with Gasteiger partial charge in [0.2, 0.25) is 0 Å². The number of nitrogens with zero attached hydrogens (tertiary/aromatic N) is 10. The van der Waals surface area contributed by atoms with Crippen molar-refractivity contribution in [2.75, 3.05) is 52.4 Å². The van der Waals surface area contributed by atoms with Crippen LogP contribution in [0.3, 0.4) is 0 Å². The molecule has 6 rings (SSSR count). The van der Waals surface area contributed by atoms with E-state index in [0.717, 1.165) is 22.1 Å². The SMILES string of the molecule is CC(C)(C)OC(=O)N1CCN(C(C(N2CCN(C(=O)OC(C)(C)C)CC2)n2nnc3ccccc32)n2nnc3ccccc32)CC1. The Morgan fingerprint density at radius 1 is 0.587 bits per heavy atom. The predicted molar refractivity (Wildman–Crippen MR) is 172 cm³/mol. The molecule has 0 bridgehead atoms. The molecule has 2 saturated heterocycles. The van der Waals surface area contributed by atoms with Crippen molar-refractivity contribution in [1.29, 1.82) is 0 Å². The molecule has 2 aromatic carbocycles. The summed E-state index contributed by atoms with van der Waals surface area (Å²) >= 11 is 0. The predicted octanol–water partition coefficient (Wildman–Crippen LogP) is 3.98. The van der Waals surface area contributed by atoms with E-state index in [1.54, 1.807) is 9.80 Å². The molecule has 2 aliphatic heterocycles. The largest absolute Gasteiger partial charge is 0.444 e. The van der Waals surface area contributed by atoms with Crippen LogP contribution in [0, 0.1) is 0 Å². The molecule has 2 unspecified atom stereocenters. The Morgan fingerprint density at radius 2 is 0.935 bits per heavy atom. The molecule has 2 aliphatic rings. The van der Waals surface area contributed by atoms with Crippen molar-refractivity contribution in [3.8, 4) is 0 Å². The molecule has 2 aromatic heterocycles. The topological polar surface area (TPSA) is 127 Å². The van der Waals surface area contributed by atoms with E-state index in [4.69, 9.17) is 19.9 Å². The van der Waals surface area contributed by atoms with Crippen LogP contribution in [0.15, 0.2) is 48.5 Å². The second-order valence-corrected chi connectivity index (χ2v) is 13.9. The van der Waals surface area contributed by atoms with Gasteiger partial charge in [0.15, 0.2) is 0 Å². The van der Waals surface area contributed by atoms with Gasteiger partial charge in [-0.25, -0.2) is 19.0 Å². The molecule has 0 spiro atoms. The van der Waals surface area contributed by atoms with E-state index in [9.17, 15) is 9.59 Å². The molecule has 0 N–H and O–H groups in total. The monoisotopic (exact) mass is 632 g/mol. The molecule has 2 amide bonds. The standard InChI is InChI=1S/C32H44N10O4/c1-31(2,3)45-29(43)39-19-15-37(16-20-39)27(41-25-13-9-7-11-23(25)33-35-41)28(42-26-14-10-8-12-24(26)34-36-42)38-17-21-40(22-18-38)30(44)46-32(4,5)6/h7-14,27-28H,15-22H2,1-6H3. The highest BCUT2D eigenvalue weighted by molar-refractivity contribution is 5.75. The lowest BCUT2D eigenvalue weighted by Gasteiger charge is -2.46. The minimum atomic E-state index is -0.572. The first kappa shape index (κ1) is 31.7. The maximum absolute atomic E-state index is 13.0. The van der Waals surface area contributed by atoms with Gasteiger partial charge in [-0.05, 0) is 65.8 Å². The van der Waals surface area contributed by atoms with E-state index < -0.39 is 11.2 Å². The number of carbonyl (C=O) groups is 2. The molecule has 4 aromatic rings. The number of carbonyl (C=O) groups excluding carboxylic acids is 2. The van der Waals surface area contributed by atoms with Crippen LogP contribution in [-0.2, 0) is 9.47 Å². The van der Waals surface area contributed by atoms with Crippen molar-refractivity contribution >= 4 is 34.3 Å². The summed E-state index contributed by atoms with van der Waals surface area (Å²) in [6.45, 7) is 15.6. The Labute approximate surface area is 268 Å². The van der Waals surface area contributed by atoms with Gasteiger partial charge >= 0.3 is 12.2 Å². The Hall–Kier alpha value is -4.30. The quantitative estimate of drug-likeness (QED) is 0.319. The van der Waals surface area contributed by atoms with Crippen LogP contribution in [0.1, 0.15) is 53.9 Å². The van der Waals surface area contributed by atoms with Crippen molar-refractivity contribution in [1.82, 2.24) is 49.6 Å². The molecule has 2 atom stereocenters. The summed E-state index contributed by atoms with van der Waals surface area (Å²) in [5.41, 5.74) is 2.22. The van der Waals surface area contributed by atoms with Crippen molar-refractivity contribution in [3.63, 3.8) is 0 Å². The van der Waals surface area contributed by atoms with Gasteiger partial charge in [-0.3, -0.25) is 9.80 Å². The summed E-state index contributed by atoms with van der Waals surface area (Å²) in [7, 11) is 0. The fourth-order valence-corrected chi connectivity index (χ4v) is 6.09. The van der Waals surface area contributed by atoms with Crippen LogP contribution < -0.4 is 0 Å². The maximum atomic E-state index is 13.0. The number of fused-ring (bicyclic) bond motifs is 2. The molecule has 4 heterocycles. The van der Waals surface area contributed by atoms with Crippen LogP contribution in [0.2, 0.25) is 0 Å². The first-order valence-electron chi connectivity index (χ1n) is 15.9. The summed E-state index contributed by atoms with van der Waals surface area (Å²) in [4.78, 5) is 34.1. The van der Waals surface area contributed by atoms with Gasteiger partial charge in [0.1, 0.15) is 34.6 Å². The Bertz CT molecular complexity index is 1550. The average molecular weight is 633 g/mol. The number of benzene rings is 2. The molecule has 0 saturated carbocycles. The van der Waals surface area contributed by atoms with E-state index in [0.29, 0.717) is 52.4 Å². The van der Waals surface area contributed by atoms with E-state index in [-0.39, 0.29) is 24.5 Å². The fourth-order valence-electron chi connectivity index (χ4n) is 6.09. The number of hydrogen-bond donors (Lipinski definition) is 0. The number of amides is 2. The highest BCUT2D eigenvalue weighted by Gasteiger charge is 2.42. The third-order valence-corrected chi connectivity index (χ3v) is 8.20. The third-order valence-electron chi connectivity index (χ3n) is 8.20. The van der Waals surface area contributed by atoms with E-state index >= 15 is 0 Å². The minimum absolute atomic E-state index is 0.313. The van der Waals surface area contributed by atoms with Gasteiger partial charge in [-0.2, -0.15) is 0 Å². The second kappa shape index (κ2) is 12.5. The lowest BCUT2D eigenvalue weighted by atomic mass is 10.1. The molecule has 2 fully saturated rings. The number of ether oxygens (including phenoxy) is 2. The van der Waals surface area contributed by atoms with Crippen LogP contribution >= 0.6 is 0 Å². The molecule has 0 radical (unpaired) electrons.